The number of fused-ring (bicyclic) bond motifs is 2. The van der Waals surface area contributed by atoms with Crippen molar-refractivity contribution in [2.75, 3.05) is 13.1 Å². The number of urea groups is 1. The molecule has 0 aromatic carbocycles. The fraction of sp³-hybridized carbons (Fsp3) is 0.923. The van der Waals surface area contributed by atoms with Crippen LogP contribution in [0, 0.1) is 5.92 Å². The molecule has 0 N–H and O–H groups in total. The van der Waals surface area contributed by atoms with E-state index in [4.69, 9.17) is 0 Å². The summed E-state index contributed by atoms with van der Waals surface area (Å²) in [5.74, 6) is 0.820. The number of hydrogen-bond acceptors (Lipinski definition) is 1. The molecule has 2 atom stereocenters. The molecule has 2 bridgehead atoms. The van der Waals surface area contributed by atoms with Crippen LogP contribution in [0.2, 0.25) is 0 Å². The summed E-state index contributed by atoms with van der Waals surface area (Å²) in [6.45, 7) is 4.32. The summed E-state index contributed by atoms with van der Waals surface area (Å²) >= 11 is 0. The van der Waals surface area contributed by atoms with Gasteiger partial charge in [0.1, 0.15) is 0 Å². The third-order valence-corrected chi connectivity index (χ3v) is 4.57. The van der Waals surface area contributed by atoms with E-state index >= 15 is 0 Å². The van der Waals surface area contributed by atoms with E-state index in [9.17, 15) is 4.79 Å². The molecule has 0 aromatic heterocycles. The molecular formula is C13H22N2O. The van der Waals surface area contributed by atoms with E-state index in [0.717, 1.165) is 19.0 Å². The Morgan fingerprint density at radius 3 is 2.19 bits per heavy atom. The molecule has 3 heterocycles. The summed E-state index contributed by atoms with van der Waals surface area (Å²) < 4.78 is 0. The van der Waals surface area contributed by atoms with Gasteiger partial charge in [0.05, 0.1) is 0 Å². The number of nitrogens with zero attached hydrogens (tertiary/aromatic N) is 2. The maximum Gasteiger partial charge on any atom is 0.320 e. The first-order valence-electron chi connectivity index (χ1n) is 6.83. The molecule has 3 saturated heterocycles. The number of carbonyl (C=O) groups is 1. The second-order valence-electron chi connectivity index (χ2n) is 5.85. The van der Waals surface area contributed by atoms with E-state index in [1.807, 2.05) is 0 Å². The van der Waals surface area contributed by atoms with Gasteiger partial charge in [-0.15, -0.1) is 0 Å². The zero-order valence-corrected chi connectivity index (χ0v) is 10.2. The highest BCUT2D eigenvalue weighted by molar-refractivity contribution is 5.76. The average molecular weight is 222 g/mol. The SMILES string of the molecule is CC1CC2CCC(C1)N2C(=O)N1CCCC1. The van der Waals surface area contributed by atoms with Crippen molar-refractivity contribution in [2.24, 2.45) is 5.92 Å². The zero-order valence-electron chi connectivity index (χ0n) is 10.2. The van der Waals surface area contributed by atoms with Crippen molar-refractivity contribution in [1.82, 2.24) is 9.80 Å². The third kappa shape index (κ3) is 1.61. The maximum atomic E-state index is 12.4. The first-order valence-corrected chi connectivity index (χ1v) is 6.83. The highest BCUT2D eigenvalue weighted by Crippen LogP contribution is 2.39. The van der Waals surface area contributed by atoms with Crippen LogP contribution in [-0.2, 0) is 0 Å². The van der Waals surface area contributed by atoms with Crippen molar-refractivity contribution in [1.29, 1.82) is 0 Å². The Hall–Kier alpha value is -0.730. The second-order valence-corrected chi connectivity index (χ2v) is 5.85. The van der Waals surface area contributed by atoms with Gasteiger partial charge < -0.3 is 9.80 Å². The van der Waals surface area contributed by atoms with Gasteiger partial charge >= 0.3 is 6.03 Å². The normalized spacial score (nSPS) is 38.2. The van der Waals surface area contributed by atoms with Gasteiger partial charge in [0.2, 0.25) is 0 Å². The number of amides is 2. The Morgan fingerprint density at radius 2 is 1.62 bits per heavy atom. The van der Waals surface area contributed by atoms with Gasteiger partial charge in [-0.25, -0.2) is 4.79 Å². The van der Waals surface area contributed by atoms with Crippen molar-refractivity contribution < 1.29 is 4.79 Å². The van der Waals surface area contributed by atoms with Crippen LogP contribution in [0.5, 0.6) is 0 Å². The molecule has 0 radical (unpaired) electrons. The van der Waals surface area contributed by atoms with E-state index < -0.39 is 0 Å². The van der Waals surface area contributed by atoms with E-state index in [0.29, 0.717) is 18.1 Å². The van der Waals surface area contributed by atoms with Crippen LogP contribution in [0.1, 0.15) is 45.4 Å². The quantitative estimate of drug-likeness (QED) is 0.617. The van der Waals surface area contributed by atoms with E-state index in [-0.39, 0.29) is 0 Å². The zero-order chi connectivity index (χ0) is 11.1. The largest absolute Gasteiger partial charge is 0.325 e. The number of carbonyl (C=O) groups excluding carboxylic acids is 1. The van der Waals surface area contributed by atoms with Gasteiger partial charge in [-0.2, -0.15) is 0 Å². The minimum absolute atomic E-state index is 0.344. The van der Waals surface area contributed by atoms with Crippen LogP contribution >= 0.6 is 0 Å². The van der Waals surface area contributed by atoms with Crippen molar-refractivity contribution in [3.8, 4) is 0 Å². The Kier molecular flexibility index (Phi) is 2.56. The highest BCUT2D eigenvalue weighted by Gasteiger charge is 2.43. The van der Waals surface area contributed by atoms with Gasteiger partial charge in [0, 0.05) is 25.2 Å². The van der Waals surface area contributed by atoms with Crippen LogP contribution in [0.4, 0.5) is 4.79 Å². The molecule has 3 aliphatic heterocycles. The van der Waals surface area contributed by atoms with Gasteiger partial charge in [0.15, 0.2) is 0 Å². The summed E-state index contributed by atoms with van der Waals surface area (Å²) in [7, 11) is 0. The van der Waals surface area contributed by atoms with Gasteiger partial charge in [-0.05, 0) is 44.4 Å². The van der Waals surface area contributed by atoms with E-state index in [1.165, 1.54) is 38.5 Å². The van der Waals surface area contributed by atoms with Gasteiger partial charge in [0.25, 0.3) is 0 Å². The molecule has 0 aliphatic carbocycles. The molecule has 3 aliphatic rings. The molecule has 3 nitrogen and oxygen atoms in total. The Balaban J connectivity index is 1.72. The monoisotopic (exact) mass is 222 g/mol. The number of hydrogen-bond donors (Lipinski definition) is 0. The Morgan fingerprint density at radius 1 is 1.06 bits per heavy atom. The predicted molar refractivity (Wildman–Crippen MR) is 63.3 cm³/mol. The number of likely N-dealkylation sites (tertiary alicyclic amines) is 1. The van der Waals surface area contributed by atoms with Crippen LogP contribution in [0.3, 0.4) is 0 Å². The maximum absolute atomic E-state index is 12.4. The summed E-state index contributed by atoms with van der Waals surface area (Å²) in [5.41, 5.74) is 0. The summed E-state index contributed by atoms with van der Waals surface area (Å²) in [5, 5.41) is 0. The molecular weight excluding hydrogens is 200 g/mol. The van der Waals surface area contributed by atoms with Crippen LogP contribution in [0.25, 0.3) is 0 Å². The molecule has 0 aromatic rings. The molecule has 3 heteroatoms. The molecule has 3 fully saturated rings. The minimum Gasteiger partial charge on any atom is -0.325 e. The van der Waals surface area contributed by atoms with Crippen molar-refractivity contribution in [2.45, 2.75) is 57.5 Å². The topological polar surface area (TPSA) is 23.6 Å². The number of rotatable bonds is 0. The van der Waals surface area contributed by atoms with E-state index in [2.05, 4.69) is 16.7 Å². The standard InChI is InChI=1S/C13H22N2O/c1-10-8-11-4-5-12(9-10)15(11)13(16)14-6-2-3-7-14/h10-12H,2-9H2,1H3. The summed E-state index contributed by atoms with van der Waals surface area (Å²) in [6, 6.07) is 1.46. The lowest BCUT2D eigenvalue weighted by Crippen LogP contribution is -2.51. The second kappa shape index (κ2) is 3.94. The molecule has 2 unspecified atom stereocenters. The lowest BCUT2D eigenvalue weighted by Gasteiger charge is -2.39. The molecule has 0 saturated carbocycles. The summed E-state index contributed by atoms with van der Waals surface area (Å²) in [6.07, 6.45) is 7.35. The fourth-order valence-corrected chi connectivity index (χ4v) is 3.83. The fourth-order valence-electron chi connectivity index (χ4n) is 3.83. The summed E-state index contributed by atoms with van der Waals surface area (Å²) in [4.78, 5) is 16.7. The van der Waals surface area contributed by atoms with Crippen molar-refractivity contribution in [3.05, 3.63) is 0 Å². The smallest absolute Gasteiger partial charge is 0.320 e. The highest BCUT2D eigenvalue weighted by atomic mass is 16.2. The van der Waals surface area contributed by atoms with Crippen molar-refractivity contribution in [3.63, 3.8) is 0 Å². The Bertz CT molecular complexity index is 272. The van der Waals surface area contributed by atoms with Crippen LogP contribution in [0.15, 0.2) is 0 Å². The average Bonchev–Trinajstić information content (AvgIpc) is 2.85. The minimum atomic E-state index is 0.344. The first kappa shape index (κ1) is 10.4. The predicted octanol–water partition coefficient (Wildman–Crippen LogP) is 2.47. The molecule has 3 rings (SSSR count). The molecule has 0 spiro atoms. The molecule has 2 amide bonds. The first-order chi connectivity index (χ1) is 7.75. The lowest BCUT2D eigenvalue weighted by molar-refractivity contribution is 0.102. The Labute approximate surface area is 97.8 Å². The van der Waals surface area contributed by atoms with Gasteiger partial charge in [-0.1, -0.05) is 6.92 Å². The van der Waals surface area contributed by atoms with Crippen LogP contribution in [-0.4, -0.2) is 41.0 Å². The van der Waals surface area contributed by atoms with E-state index in [1.54, 1.807) is 0 Å². The number of piperidine rings is 1. The third-order valence-electron chi connectivity index (χ3n) is 4.57. The lowest BCUT2D eigenvalue weighted by atomic mass is 9.93. The molecule has 16 heavy (non-hydrogen) atoms. The van der Waals surface area contributed by atoms with Gasteiger partial charge in [-0.3, -0.25) is 0 Å². The van der Waals surface area contributed by atoms with Crippen LogP contribution < -0.4 is 0 Å². The molecule has 90 valence electrons. The van der Waals surface area contributed by atoms with Crippen molar-refractivity contribution >= 4 is 6.03 Å².